The topological polar surface area (TPSA) is 162 Å². The van der Waals surface area contributed by atoms with E-state index in [-0.39, 0.29) is 60.0 Å². The highest BCUT2D eigenvalue weighted by atomic mass is 35.5. The van der Waals surface area contributed by atoms with Crippen LogP contribution in [0.5, 0.6) is 0 Å². The van der Waals surface area contributed by atoms with Crippen molar-refractivity contribution >= 4 is 47.0 Å². The minimum absolute atomic E-state index is 0.0248. The van der Waals surface area contributed by atoms with Gasteiger partial charge < -0.3 is 10.6 Å². The van der Waals surface area contributed by atoms with Crippen molar-refractivity contribution < 1.29 is 9.59 Å². The Morgan fingerprint density at radius 2 is 1.83 bits per heavy atom. The number of amides is 2. The number of hydrogen-bond donors (Lipinski definition) is 3. The summed E-state index contributed by atoms with van der Waals surface area (Å²) in [6.45, 7) is 7.21. The Kier molecular flexibility index (Phi) is 9.87. The van der Waals surface area contributed by atoms with Gasteiger partial charge in [-0.3, -0.25) is 28.9 Å². The summed E-state index contributed by atoms with van der Waals surface area (Å²) in [5.74, 6) is -1.35. The lowest BCUT2D eigenvalue weighted by Gasteiger charge is -2.13. The Bertz CT molecular complexity index is 1370. The van der Waals surface area contributed by atoms with Crippen LogP contribution in [0.15, 0.2) is 32.8 Å². The summed E-state index contributed by atoms with van der Waals surface area (Å²) in [6.07, 6.45) is 1.08. The fourth-order valence-electron chi connectivity index (χ4n) is 3.51. The number of nitrogens with one attached hydrogen (secondary N) is 3. The van der Waals surface area contributed by atoms with Gasteiger partial charge in [-0.2, -0.15) is 5.26 Å². The molecular weight excluding hydrogens is 486 g/mol. The molecule has 0 saturated carbocycles. The summed E-state index contributed by atoms with van der Waals surface area (Å²) in [7, 11) is 0. The molecule has 0 aliphatic heterocycles. The molecule has 190 valence electrons. The standard InChI is InChI=1S/C24H28ClN7O4/c1-5-31-22(15(4)23(35)32(6-2)24(31)36)28-13-19(27)30-21(34)10-14(3)9-20(33)29-17-8-7-16(12-26)18(25)11-17/h7-8,11,13-14H,5-6,9-10H2,1-4H3,(H,29,33)(H2,27,30,34). The number of nitrogens with zero attached hydrogens (tertiary/aromatic N) is 4. The smallest absolute Gasteiger partial charge is 0.326 e. The second-order valence-electron chi connectivity index (χ2n) is 8.11. The van der Waals surface area contributed by atoms with Crippen molar-refractivity contribution in [2.45, 2.75) is 53.6 Å². The minimum atomic E-state index is -0.492. The van der Waals surface area contributed by atoms with Crippen LogP contribution in [0.2, 0.25) is 5.02 Å². The number of rotatable bonds is 9. The SMILES string of the molecule is CCn1c(N=CC(=N)NC(=O)CC(C)CC(=O)Nc2ccc(C#N)c(Cl)c2)c(C)c(=O)n(CC)c1=O. The van der Waals surface area contributed by atoms with Crippen LogP contribution >= 0.6 is 11.6 Å². The first kappa shape index (κ1) is 28.2. The maximum Gasteiger partial charge on any atom is 0.332 e. The predicted molar refractivity (Wildman–Crippen MR) is 138 cm³/mol. The third-order valence-corrected chi connectivity index (χ3v) is 5.60. The van der Waals surface area contributed by atoms with Crippen LogP contribution in [0.25, 0.3) is 0 Å². The second kappa shape index (κ2) is 12.6. The molecule has 3 N–H and O–H groups in total. The van der Waals surface area contributed by atoms with Gasteiger partial charge in [0.2, 0.25) is 11.8 Å². The van der Waals surface area contributed by atoms with E-state index in [4.69, 9.17) is 22.3 Å². The van der Waals surface area contributed by atoms with Crippen LogP contribution in [0.3, 0.4) is 0 Å². The van der Waals surface area contributed by atoms with Crippen LogP contribution in [0.4, 0.5) is 11.5 Å². The highest BCUT2D eigenvalue weighted by Gasteiger charge is 2.16. The lowest BCUT2D eigenvalue weighted by atomic mass is 10.0. The Hall–Kier alpha value is -4.04. The van der Waals surface area contributed by atoms with Gasteiger partial charge in [0.15, 0.2) is 0 Å². The van der Waals surface area contributed by atoms with Crippen LogP contribution in [0.1, 0.15) is 44.7 Å². The summed E-state index contributed by atoms with van der Waals surface area (Å²) in [5.41, 5.74) is 0.0473. The Balaban J connectivity index is 1.97. The van der Waals surface area contributed by atoms with E-state index in [1.54, 1.807) is 33.8 Å². The number of amidine groups is 1. The number of nitriles is 1. The van der Waals surface area contributed by atoms with Gasteiger partial charge >= 0.3 is 5.69 Å². The number of aromatic nitrogens is 2. The Morgan fingerprint density at radius 1 is 1.19 bits per heavy atom. The molecule has 1 heterocycles. The summed E-state index contributed by atoms with van der Waals surface area (Å²) in [6, 6.07) is 6.47. The number of carbonyl (C=O) groups excluding carboxylic acids is 2. The molecule has 2 amide bonds. The van der Waals surface area contributed by atoms with Gasteiger partial charge in [0.1, 0.15) is 17.7 Å². The first-order valence-corrected chi connectivity index (χ1v) is 11.7. The van der Waals surface area contributed by atoms with Crippen molar-refractivity contribution in [2.24, 2.45) is 10.9 Å². The predicted octanol–water partition coefficient (Wildman–Crippen LogP) is 2.73. The van der Waals surface area contributed by atoms with Crippen molar-refractivity contribution in [1.29, 1.82) is 10.7 Å². The van der Waals surface area contributed by atoms with E-state index in [2.05, 4.69) is 15.6 Å². The van der Waals surface area contributed by atoms with E-state index >= 15 is 0 Å². The largest absolute Gasteiger partial charge is 0.332 e. The molecule has 0 fully saturated rings. The fraction of sp³-hybridized carbons (Fsp3) is 0.375. The van der Waals surface area contributed by atoms with E-state index in [1.807, 2.05) is 6.07 Å². The molecule has 0 spiro atoms. The molecule has 36 heavy (non-hydrogen) atoms. The fourth-order valence-corrected chi connectivity index (χ4v) is 3.74. The summed E-state index contributed by atoms with van der Waals surface area (Å²) < 4.78 is 2.44. The summed E-state index contributed by atoms with van der Waals surface area (Å²) in [4.78, 5) is 53.6. The van der Waals surface area contributed by atoms with Gasteiger partial charge in [0.25, 0.3) is 5.56 Å². The molecule has 1 atom stereocenters. The van der Waals surface area contributed by atoms with Crippen molar-refractivity contribution in [3.63, 3.8) is 0 Å². The van der Waals surface area contributed by atoms with Gasteiger partial charge in [-0.15, -0.1) is 0 Å². The Labute approximate surface area is 212 Å². The molecule has 0 bridgehead atoms. The summed E-state index contributed by atoms with van der Waals surface area (Å²) in [5, 5.41) is 22.2. The number of benzene rings is 1. The van der Waals surface area contributed by atoms with Crippen LogP contribution < -0.4 is 21.9 Å². The van der Waals surface area contributed by atoms with Gasteiger partial charge in [-0.25, -0.2) is 9.79 Å². The molecule has 2 rings (SSSR count). The third-order valence-electron chi connectivity index (χ3n) is 5.28. The second-order valence-corrected chi connectivity index (χ2v) is 8.52. The first-order chi connectivity index (χ1) is 17.0. The van der Waals surface area contributed by atoms with E-state index in [0.717, 1.165) is 10.8 Å². The van der Waals surface area contributed by atoms with Gasteiger partial charge in [0, 0.05) is 31.6 Å². The number of aliphatic imine (C=N–C) groups is 1. The summed E-state index contributed by atoms with van der Waals surface area (Å²) >= 11 is 5.96. The van der Waals surface area contributed by atoms with Crippen molar-refractivity contribution in [3.8, 4) is 6.07 Å². The molecule has 1 aromatic heterocycles. The van der Waals surface area contributed by atoms with E-state index < -0.39 is 17.2 Å². The van der Waals surface area contributed by atoms with Crippen LogP contribution in [0, 0.1) is 29.6 Å². The molecule has 12 heteroatoms. The molecular formula is C24H28ClN7O4. The lowest BCUT2D eigenvalue weighted by Crippen LogP contribution is -2.40. The van der Waals surface area contributed by atoms with Crippen molar-refractivity contribution in [1.82, 2.24) is 14.5 Å². The van der Waals surface area contributed by atoms with Crippen LogP contribution in [-0.2, 0) is 22.7 Å². The van der Waals surface area contributed by atoms with E-state index in [9.17, 15) is 19.2 Å². The number of carbonyl (C=O) groups is 2. The number of hydrogen-bond acceptors (Lipinski definition) is 7. The zero-order valence-corrected chi connectivity index (χ0v) is 21.3. The van der Waals surface area contributed by atoms with Crippen molar-refractivity contribution in [2.75, 3.05) is 5.32 Å². The molecule has 1 aromatic carbocycles. The number of halogens is 1. The van der Waals surface area contributed by atoms with Gasteiger partial charge in [-0.05, 0) is 44.9 Å². The third kappa shape index (κ3) is 6.99. The molecule has 1 unspecified atom stereocenters. The first-order valence-electron chi connectivity index (χ1n) is 11.3. The zero-order valence-electron chi connectivity index (χ0n) is 20.5. The maximum absolute atomic E-state index is 12.5. The van der Waals surface area contributed by atoms with Gasteiger partial charge in [-0.1, -0.05) is 18.5 Å². The highest BCUT2D eigenvalue weighted by molar-refractivity contribution is 6.32. The average molecular weight is 514 g/mol. The molecule has 0 aliphatic carbocycles. The Morgan fingerprint density at radius 3 is 2.42 bits per heavy atom. The average Bonchev–Trinajstić information content (AvgIpc) is 2.80. The quantitative estimate of drug-likeness (QED) is 0.346. The molecule has 11 nitrogen and oxygen atoms in total. The van der Waals surface area contributed by atoms with Crippen molar-refractivity contribution in [3.05, 3.63) is 55.2 Å². The van der Waals surface area contributed by atoms with E-state index in [1.165, 1.54) is 16.7 Å². The lowest BCUT2D eigenvalue weighted by molar-refractivity contribution is -0.121. The normalized spacial score (nSPS) is 11.7. The minimum Gasteiger partial charge on any atom is -0.326 e. The maximum atomic E-state index is 12.5. The highest BCUT2D eigenvalue weighted by Crippen LogP contribution is 2.21. The molecule has 0 aliphatic rings. The zero-order chi connectivity index (χ0) is 27.0. The number of anilines is 1. The van der Waals surface area contributed by atoms with Crippen LogP contribution in [-0.4, -0.2) is 33.0 Å². The molecule has 2 aromatic rings. The van der Waals surface area contributed by atoms with E-state index in [0.29, 0.717) is 11.3 Å². The van der Waals surface area contributed by atoms with Gasteiger partial charge in [0.05, 0.1) is 22.4 Å². The molecule has 0 saturated heterocycles. The molecule has 0 radical (unpaired) electrons. The monoisotopic (exact) mass is 513 g/mol.